The molecule has 0 aliphatic heterocycles. The summed E-state index contributed by atoms with van der Waals surface area (Å²) < 4.78 is 0. The van der Waals surface area contributed by atoms with Gasteiger partial charge in [-0.05, 0) is 24.3 Å². The lowest BCUT2D eigenvalue weighted by Crippen LogP contribution is -2.56. The minimum atomic E-state index is -1.29. The highest BCUT2D eigenvalue weighted by Crippen LogP contribution is 2.07. The topological polar surface area (TPSA) is 165 Å². The van der Waals surface area contributed by atoms with E-state index in [4.69, 9.17) is 11.5 Å². The first-order chi connectivity index (χ1) is 13.1. The number of amides is 3. The van der Waals surface area contributed by atoms with Gasteiger partial charge in [0.1, 0.15) is 12.1 Å². The average Bonchev–Trinajstić information content (AvgIpc) is 2.62. The minimum Gasteiger partial charge on any atom is -0.480 e. The van der Waals surface area contributed by atoms with E-state index in [1.54, 1.807) is 13.8 Å². The molecule has 9 heteroatoms. The first kappa shape index (κ1) is 23.1. The Hall–Kier alpha value is -2.94. The minimum absolute atomic E-state index is 0.136. The highest BCUT2D eigenvalue weighted by Gasteiger charge is 2.30. The molecule has 0 heterocycles. The Morgan fingerprint density at radius 3 is 2.14 bits per heavy atom. The van der Waals surface area contributed by atoms with Gasteiger partial charge in [-0.2, -0.15) is 0 Å². The van der Waals surface area contributed by atoms with Gasteiger partial charge in [-0.3, -0.25) is 14.4 Å². The van der Waals surface area contributed by atoms with Gasteiger partial charge in [0, 0.05) is 6.42 Å². The number of carboxylic acid groups (broad SMARTS) is 1. The van der Waals surface area contributed by atoms with Gasteiger partial charge in [0.05, 0.1) is 6.04 Å². The van der Waals surface area contributed by atoms with Crippen LogP contribution in [0.25, 0.3) is 0 Å². The van der Waals surface area contributed by atoms with Crippen molar-refractivity contribution in [3.63, 3.8) is 0 Å². The zero-order chi connectivity index (χ0) is 21.3. The molecule has 9 nitrogen and oxygen atoms in total. The van der Waals surface area contributed by atoms with Crippen LogP contribution in [0.4, 0.5) is 0 Å². The summed E-state index contributed by atoms with van der Waals surface area (Å²) in [5.74, 6) is -3.43. The summed E-state index contributed by atoms with van der Waals surface area (Å²) in [6.45, 7) is 3.43. The Morgan fingerprint density at radius 2 is 1.64 bits per heavy atom. The van der Waals surface area contributed by atoms with Crippen molar-refractivity contribution in [2.24, 2.45) is 17.4 Å². The number of hydrogen-bond donors (Lipinski definition) is 5. The highest BCUT2D eigenvalue weighted by molar-refractivity contribution is 5.92. The van der Waals surface area contributed by atoms with Crippen LogP contribution in [-0.4, -0.2) is 46.9 Å². The van der Waals surface area contributed by atoms with E-state index in [1.807, 2.05) is 30.3 Å². The van der Waals surface area contributed by atoms with Crippen LogP contribution in [0.5, 0.6) is 0 Å². The summed E-state index contributed by atoms with van der Waals surface area (Å²) >= 11 is 0. The van der Waals surface area contributed by atoms with E-state index < -0.39 is 41.8 Å². The maximum atomic E-state index is 12.5. The molecule has 0 radical (unpaired) electrons. The number of benzene rings is 1. The maximum Gasteiger partial charge on any atom is 0.326 e. The number of carboxylic acids is 1. The second kappa shape index (κ2) is 11.0. The number of nitrogens with two attached hydrogens (primary N) is 2. The van der Waals surface area contributed by atoms with Crippen LogP contribution in [0.1, 0.15) is 32.3 Å². The lowest BCUT2D eigenvalue weighted by molar-refractivity contribution is -0.142. The van der Waals surface area contributed by atoms with Crippen LogP contribution in [0, 0.1) is 5.92 Å². The van der Waals surface area contributed by atoms with Crippen molar-refractivity contribution in [1.29, 1.82) is 0 Å². The van der Waals surface area contributed by atoms with Gasteiger partial charge in [-0.15, -0.1) is 0 Å². The maximum absolute atomic E-state index is 12.5. The van der Waals surface area contributed by atoms with E-state index in [0.717, 1.165) is 5.56 Å². The van der Waals surface area contributed by atoms with Crippen molar-refractivity contribution in [2.45, 2.75) is 51.2 Å². The molecule has 0 aromatic heterocycles. The van der Waals surface area contributed by atoms with Crippen LogP contribution in [0.2, 0.25) is 0 Å². The molecule has 1 aromatic rings. The van der Waals surface area contributed by atoms with Crippen LogP contribution >= 0.6 is 0 Å². The highest BCUT2D eigenvalue weighted by atomic mass is 16.4. The molecule has 0 unspecified atom stereocenters. The summed E-state index contributed by atoms with van der Waals surface area (Å²) in [6, 6.07) is 6.10. The quantitative estimate of drug-likeness (QED) is 0.342. The summed E-state index contributed by atoms with van der Waals surface area (Å²) in [4.78, 5) is 47.1. The molecule has 0 saturated heterocycles. The van der Waals surface area contributed by atoms with Crippen LogP contribution in [0.15, 0.2) is 30.3 Å². The molecule has 154 valence electrons. The zero-order valence-corrected chi connectivity index (χ0v) is 16.1. The van der Waals surface area contributed by atoms with Gasteiger partial charge >= 0.3 is 5.97 Å². The Balaban J connectivity index is 2.74. The summed E-state index contributed by atoms with van der Waals surface area (Å²) in [6.07, 6.45) is -0.0178. The van der Waals surface area contributed by atoms with Crippen LogP contribution in [-0.2, 0) is 25.6 Å². The third kappa shape index (κ3) is 7.75. The Bertz CT molecular complexity index is 693. The SMILES string of the molecule is CC(C)[C@H](NC(=O)[C@@H](N)Cc1ccccc1)C(=O)N[C@@H](CCC(N)=O)C(=O)O. The molecule has 28 heavy (non-hydrogen) atoms. The van der Waals surface area contributed by atoms with E-state index in [9.17, 15) is 24.3 Å². The van der Waals surface area contributed by atoms with Crippen LogP contribution < -0.4 is 22.1 Å². The molecular formula is C19H28N4O5. The Morgan fingerprint density at radius 1 is 1.04 bits per heavy atom. The van der Waals surface area contributed by atoms with Crippen molar-refractivity contribution in [2.75, 3.05) is 0 Å². The molecule has 0 bridgehead atoms. The van der Waals surface area contributed by atoms with Crippen LogP contribution in [0.3, 0.4) is 0 Å². The summed E-state index contributed by atoms with van der Waals surface area (Å²) in [5, 5.41) is 14.1. The predicted octanol–water partition coefficient (Wildman–Crippen LogP) is -0.468. The Kier molecular flexibility index (Phi) is 9.10. The molecular weight excluding hydrogens is 364 g/mol. The largest absolute Gasteiger partial charge is 0.480 e. The van der Waals surface area contributed by atoms with Gasteiger partial charge in [-0.1, -0.05) is 44.2 Å². The number of hydrogen-bond acceptors (Lipinski definition) is 5. The normalized spacial score (nSPS) is 14.0. The molecule has 3 atom stereocenters. The molecule has 7 N–H and O–H groups in total. The molecule has 0 aliphatic carbocycles. The number of primary amides is 1. The molecule has 3 amide bonds. The van der Waals surface area contributed by atoms with Gasteiger partial charge in [0.15, 0.2) is 0 Å². The van der Waals surface area contributed by atoms with Gasteiger partial charge < -0.3 is 27.2 Å². The van der Waals surface area contributed by atoms with Crippen molar-refractivity contribution >= 4 is 23.7 Å². The van der Waals surface area contributed by atoms with E-state index in [-0.39, 0.29) is 18.8 Å². The smallest absolute Gasteiger partial charge is 0.326 e. The molecule has 0 spiro atoms. The fourth-order valence-corrected chi connectivity index (χ4v) is 2.56. The average molecular weight is 392 g/mol. The monoisotopic (exact) mass is 392 g/mol. The second-order valence-corrected chi connectivity index (χ2v) is 6.93. The van der Waals surface area contributed by atoms with Gasteiger partial charge in [0.25, 0.3) is 0 Å². The van der Waals surface area contributed by atoms with Gasteiger partial charge in [-0.25, -0.2) is 4.79 Å². The van der Waals surface area contributed by atoms with E-state index in [1.165, 1.54) is 0 Å². The van der Waals surface area contributed by atoms with Crippen molar-refractivity contribution in [3.8, 4) is 0 Å². The first-order valence-corrected chi connectivity index (χ1v) is 9.03. The molecule has 0 aliphatic rings. The number of rotatable bonds is 11. The number of aliphatic carboxylic acids is 1. The fourth-order valence-electron chi connectivity index (χ4n) is 2.56. The number of carbonyl (C=O) groups excluding carboxylic acids is 3. The lowest BCUT2D eigenvalue weighted by atomic mass is 10.0. The van der Waals surface area contributed by atoms with Crippen molar-refractivity contribution < 1.29 is 24.3 Å². The first-order valence-electron chi connectivity index (χ1n) is 9.03. The van der Waals surface area contributed by atoms with E-state index in [2.05, 4.69) is 10.6 Å². The molecule has 0 fully saturated rings. The summed E-state index contributed by atoms with van der Waals surface area (Å²) in [5.41, 5.74) is 11.8. The number of nitrogens with one attached hydrogen (secondary N) is 2. The van der Waals surface area contributed by atoms with Crippen molar-refractivity contribution in [3.05, 3.63) is 35.9 Å². The zero-order valence-electron chi connectivity index (χ0n) is 16.1. The second-order valence-electron chi connectivity index (χ2n) is 6.93. The summed E-state index contributed by atoms with van der Waals surface area (Å²) in [7, 11) is 0. The van der Waals surface area contributed by atoms with Gasteiger partial charge in [0.2, 0.25) is 17.7 Å². The van der Waals surface area contributed by atoms with E-state index in [0.29, 0.717) is 6.42 Å². The fraction of sp³-hybridized carbons (Fsp3) is 0.474. The molecule has 1 aromatic carbocycles. The number of carbonyl (C=O) groups is 4. The molecule has 1 rings (SSSR count). The third-order valence-electron chi connectivity index (χ3n) is 4.18. The van der Waals surface area contributed by atoms with Crippen molar-refractivity contribution in [1.82, 2.24) is 10.6 Å². The third-order valence-corrected chi connectivity index (χ3v) is 4.18. The van der Waals surface area contributed by atoms with E-state index >= 15 is 0 Å². The lowest BCUT2D eigenvalue weighted by Gasteiger charge is -2.25. The predicted molar refractivity (Wildman–Crippen MR) is 103 cm³/mol. The molecule has 0 saturated carbocycles. The Labute approximate surface area is 163 Å². The standard InChI is InChI=1S/C19H28N4O5/c1-11(2)16(18(26)22-14(19(27)28)8-9-15(21)24)23-17(25)13(20)10-12-6-4-3-5-7-12/h3-7,11,13-14,16H,8-10,20H2,1-2H3,(H2,21,24)(H,22,26)(H,23,25)(H,27,28)/t13-,14-,16-/m0/s1.